The van der Waals surface area contributed by atoms with Gasteiger partial charge in [0.05, 0.1) is 18.3 Å². The second kappa shape index (κ2) is 12.6. The van der Waals surface area contributed by atoms with Crippen LogP contribution in [0.25, 0.3) is 0 Å². The third-order valence-corrected chi connectivity index (χ3v) is 3.81. The Kier molecular flexibility index (Phi) is 12.1. The monoisotopic (exact) mass is 336 g/mol. The lowest BCUT2D eigenvalue weighted by molar-refractivity contribution is -0.144. The van der Waals surface area contributed by atoms with Crippen molar-refractivity contribution in [2.75, 3.05) is 32.7 Å². The largest absolute Gasteiger partial charge is 0.480 e. The van der Waals surface area contributed by atoms with Crippen LogP contribution in [0.2, 0.25) is 0 Å². The number of hydrogen-bond acceptors (Lipinski definition) is 8. The lowest BCUT2D eigenvalue weighted by atomic mass is 10.0. The van der Waals surface area contributed by atoms with Gasteiger partial charge in [-0.15, -0.1) is 0 Å². The molecule has 0 saturated heterocycles. The molecule has 138 valence electrons. The molecule has 0 amide bonds. The summed E-state index contributed by atoms with van der Waals surface area (Å²) in [5, 5.41) is 38.1. The highest BCUT2D eigenvalue weighted by Crippen LogP contribution is 2.13. The molecular formula is C14H32N4O5. The molecule has 0 radical (unpaired) electrons. The van der Waals surface area contributed by atoms with Crippen molar-refractivity contribution < 1.29 is 25.2 Å². The van der Waals surface area contributed by atoms with Crippen LogP contribution in [0, 0.1) is 0 Å². The van der Waals surface area contributed by atoms with Gasteiger partial charge in [0.15, 0.2) is 0 Å². The summed E-state index contributed by atoms with van der Waals surface area (Å²) in [7, 11) is 0. The highest BCUT2D eigenvalue weighted by Gasteiger charge is 2.26. The molecule has 9 nitrogen and oxygen atoms in total. The number of aliphatic hydroxyl groups is 3. The molecule has 0 aliphatic heterocycles. The van der Waals surface area contributed by atoms with Crippen LogP contribution < -0.4 is 17.2 Å². The van der Waals surface area contributed by atoms with Crippen LogP contribution in [-0.2, 0) is 4.79 Å². The fourth-order valence-electron chi connectivity index (χ4n) is 2.22. The minimum Gasteiger partial charge on any atom is -0.480 e. The van der Waals surface area contributed by atoms with Crippen molar-refractivity contribution in [2.45, 2.75) is 50.0 Å². The number of carboxylic acid groups (broad SMARTS) is 1. The molecule has 0 heterocycles. The van der Waals surface area contributed by atoms with E-state index in [0.29, 0.717) is 25.9 Å². The Bertz CT molecular complexity index is 308. The second-order valence-electron chi connectivity index (χ2n) is 5.71. The van der Waals surface area contributed by atoms with Crippen molar-refractivity contribution in [3.05, 3.63) is 0 Å². The molecule has 0 saturated carbocycles. The number of carbonyl (C=O) groups is 1. The molecule has 0 aromatic carbocycles. The standard InChI is InChI=1S/C14H32N4O5/c15-7-10(19)1-2-13(14(22)23)18(5-3-11(20)8-16)6-4-12(21)9-17/h10-13,19-21H,1-9,15-17H2,(H,22,23)/t10-,11?,12?,13+/m1/s1. The van der Waals surface area contributed by atoms with Gasteiger partial charge >= 0.3 is 5.97 Å². The van der Waals surface area contributed by atoms with Crippen molar-refractivity contribution in [3.8, 4) is 0 Å². The van der Waals surface area contributed by atoms with E-state index < -0.39 is 30.3 Å². The summed E-state index contributed by atoms with van der Waals surface area (Å²) >= 11 is 0. The van der Waals surface area contributed by atoms with E-state index in [2.05, 4.69) is 0 Å². The molecule has 0 bridgehead atoms. The van der Waals surface area contributed by atoms with Crippen molar-refractivity contribution in [1.82, 2.24) is 4.90 Å². The second-order valence-corrected chi connectivity index (χ2v) is 5.71. The summed E-state index contributed by atoms with van der Waals surface area (Å²) in [6.07, 6.45) is -1.00. The van der Waals surface area contributed by atoms with E-state index in [1.165, 1.54) is 0 Å². The SMILES string of the molecule is NCC(O)CCN(CCC(O)CN)[C@@H](CC[C@@H](O)CN)C(=O)O. The number of aliphatic hydroxyl groups excluding tert-OH is 3. The number of hydrogen-bond donors (Lipinski definition) is 7. The third kappa shape index (κ3) is 9.82. The number of carboxylic acids is 1. The molecule has 0 aromatic rings. The maximum Gasteiger partial charge on any atom is 0.320 e. The number of aliphatic carboxylic acids is 1. The Morgan fingerprint density at radius 3 is 1.52 bits per heavy atom. The molecule has 0 aliphatic rings. The van der Waals surface area contributed by atoms with Crippen LogP contribution in [0.4, 0.5) is 0 Å². The molecule has 0 rings (SSSR count). The van der Waals surface area contributed by atoms with Gasteiger partial charge in [-0.25, -0.2) is 0 Å². The van der Waals surface area contributed by atoms with Crippen molar-refractivity contribution in [3.63, 3.8) is 0 Å². The average Bonchev–Trinajstić information content (AvgIpc) is 2.54. The van der Waals surface area contributed by atoms with E-state index in [4.69, 9.17) is 17.2 Å². The zero-order valence-corrected chi connectivity index (χ0v) is 13.5. The van der Waals surface area contributed by atoms with Crippen molar-refractivity contribution in [2.24, 2.45) is 17.2 Å². The molecule has 0 fully saturated rings. The van der Waals surface area contributed by atoms with E-state index in [1.54, 1.807) is 4.90 Å². The number of nitrogens with zero attached hydrogens (tertiary/aromatic N) is 1. The van der Waals surface area contributed by atoms with E-state index in [1.807, 2.05) is 0 Å². The third-order valence-electron chi connectivity index (χ3n) is 3.81. The smallest absolute Gasteiger partial charge is 0.320 e. The zero-order valence-electron chi connectivity index (χ0n) is 13.5. The predicted molar refractivity (Wildman–Crippen MR) is 86.6 cm³/mol. The summed E-state index contributed by atoms with van der Waals surface area (Å²) in [5.41, 5.74) is 16.1. The zero-order chi connectivity index (χ0) is 17.8. The molecule has 23 heavy (non-hydrogen) atoms. The highest BCUT2D eigenvalue weighted by atomic mass is 16.4. The van der Waals surface area contributed by atoms with Crippen LogP contribution in [0.5, 0.6) is 0 Å². The lowest BCUT2D eigenvalue weighted by Crippen LogP contribution is -2.45. The maximum atomic E-state index is 11.5. The summed E-state index contributed by atoms with van der Waals surface area (Å²) in [5.74, 6) is -1.02. The fourth-order valence-corrected chi connectivity index (χ4v) is 2.22. The number of rotatable bonds is 14. The molecule has 4 atom stereocenters. The maximum absolute atomic E-state index is 11.5. The molecule has 0 spiro atoms. The van der Waals surface area contributed by atoms with Crippen LogP contribution >= 0.6 is 0 Å². The van der Waals surface area contributed by atoms with Crippen LogP contribution in [-0.4, -0.2) is 88.4 Å². The van der Waals surface area contributed by atoms with Crippen molar-refractivity contribution >= 4 is 5.97 Å². The van der Waals surface area contributed by atoms with Crippen LogP contribution in [0.3, 0.4) is 0 Å². The average molecular weight is 336 g/mol. The summed E-state index contributed by atoms with van der Waals surface area (Å²) in [4.78, 5) is 13.2. The van der Waals surface area contributed by atoms with Gasteiger partial charge in [-0.3, -0.25) is 9.69 Å². The Morgan fingerprint density at radius 2 is 1.17 bits per heavy atom. The van der Waals surface area contributed by atoms with Gasteiger partial charge in [-0.05, 0) is 25.7 Å². The van der Waals surface area contributed by atoms with Gasteiger partial charge < -0.3 is 37.6 Å². The molecule has 10 N–H and O–H groups in total. The van der Waals surface area contributed by atoms with Gasteiger partial charge in [0, 0.05) is 32.7 Å². The topological polar surface area (TPSA) is 179 Å². The molecule has 0 aliphatic carbocycles. The Balaban J connectivity index is 4.79. The summed E-state index contributed by atoms with van der Waals surface area (Å²) in [6, 6.07) is -0.828. The summed E-state index contributed by atoms with van der Waals surface area (Å²) in [6.45, 7) is 0.923. The molecule has 0 aromatic heterocycles. The van der Waals surface area contributed by atoms with Crippen LogP contribution in [0.15, 0.2) is 0 Å². The van der Waals surface area contributed by atoms with Gasteiger partial charge in [0.25, 0.3) is 0 Å². The van der Waals surface area contributed by atoms with Gasteiger partial charge in [0.1, 0.15) is 6.04 Å². The fraction of sp³-hybridized carbons (Fsp3) is 0.929. The Labute approximate surface area is 137 Å². The highest BCUT2D eigenvalue weighted by molar-refractivity contribution is 5.73. The first kappa shape index (κ1) is 22.2. The first-order chi connectivity index (χ1) is 10.8. The normalized spacial score (nSPS) is 17.0. The van der Waals surface area contributed by atoms with Gasteiger partial charge in [0.2, 0.25) is 0 Å². The number of nitrogens with two attached hydrogens (primary N) is 3. The van der Waals surface area contributed by atoms with E-state index in [9.17, 15) is 25.2 Å². The minimum atomic E-state index is -1.02. The van der Waals surface area contributed by atoms with Crippen LogP contribution in [0.1, 0.15) is 25.7 Å². The minimum absolute atomic E-state index is 0.0735. The first-order valence-corrected chi connectivity index (χ1v) is 7.96. The summed E-state index contributed by atoms with van der Waals surface area (Å²) < 4.78 is 0. The molecule has 9 heteroatoms. The van der Waals surface area contributed by atoms with E-state index >= 15 is 0 Å². The van der Waals surface area contributed by atoms with Gasteiger partial charge in [-0.1, -0.05) is 0 Å². The Morgan fingerprint density at radius 1 is 0.783 bits per heavy atom. The molecular weight excluding hydrogens is 304 g/mol. The van der Waals surface area contributed by atoms with E-state index in [0.717, 1.165) is 0 Å². The lowest BCUT2D eigenvalue weighted by Gasteiger charge is -2.30. The van der Waals surface area contributed by atoms with Crippen molar-refractivity contribution in [1.29, 1.82) is 0 Å². The van der Waals surface area contributed by atoms with Gasteiger partial charge in [-0.2, -0.15) is 0 Å². The predicted octanol–water partition coefficient (Wildman–Crippen LogP) is -2.74. The van der Waals surface area contributed by atoms with E-state index in [-0.39, 0.29) is 32.5 Å². The molecule has 2 unspecified atom stereocenters. The first-order valence-electron chi connectivity index (χ1n) is 7.96. The Hall–Kier alpha value is -0.810. The quantitative estimate of drug-likeness (QED) is 0.177.